The molecule has 0 bridgehead atoms. The van der Waals surface area contributed by atoms with Crippen molar-refractivity contribution < 1.29 is 18.3 Å². The van der Waals surface area contributed by atoms with Gasteiger partial charge in [-0.15, -0.1) is 0 Å². The average Bonchev–Trinajstić information content (AvgIpc) is 2.48. The van der Waals surface area contributed by atoms with E-state index in [-0.39, 0.29) is 12.4 Å². The number of benzene rings is 1. The largest absolute Gasteiger partial charge is 0.442 e. The van der Waals surface area contributed by atoms with Gasteiger partial charge in [0.15, 0.2) is 0 Å². The second kappa shape index (κ2) is 5.55. The number of alkyl halides is 1. The summed E-state index contributed by atoms with van der Waals surface area (Å²) < 4.78 is 33.0. The van der Waals surface area contributed by atoms with Gasteiger partial charge >= 0.3 is 6.09 Å². The Bertz CT molecular complexity index is 621. The van der Waals surface area contributed by atoms with Gasteiger partial charge in [0.25, 0.3) is 0 Å². The zero-order chi connectivity index (χ0) is 15.7. The van der Waals surface area contributed by atoms with Crippen molar-refractivity contribution in [1.29, 1.82) is 0 Å². The van der Waals surface area contributed by atoms with E-state index in [4.69, 9.17) is 4.74 Å². The van der Waals surface area contributed by atoms with Gasteiger partial charge in [0.05, 0.1) is 5.69 Å². The van der Waals surface area contributed by atoms with Crippen molar-refractivity contribution in [2.45, 2.75) is 25.4 Å². The third kappa shape index (κ3) is 3.03. The fourth-order valence-electron chi connectivity index (χ4n) is 2.62. The van der Waals surface area contributed by atoms with Crippen LogP contribution in [0.5, 0.6) is 0 Å². The van der Waals surface area contributed by atoms with Crippen LogP contribution in [-0.4, -0.2) is 37.2 Å². The Morgan fingerprint density at radius 2 is 2.09 bits per heavy atom. The first-order valence-corrected chi connectivity index (χ1v) is 7.18. The van der Waals surface area contributed by atoms with Gasteiger partial charge in [-0.1, -0.05) is 6.07 Å². The van der Waals surface area contributed by atoms with Crippen LogP contribution >= 0.6 is 0 Å². The lowest BCUT2D eigenvalue weighted by Crippen LogP contribution is -2.40. The maximum Gasteiger partial charge on any atom is 0.428 e. The van der Waals surface area contributed by atoms with Crippen LogP contribution in [0.25, 0.3) is 0 Å². The summed E-state index contributed by atoms with van der Waals surface area (Å²) in [6.07, 6.45) is 0.157. The number of carbonyl (C=O) groups is 1. The number of rotatable bonds is 2. The Morgan fingerprint density at radius 3 is 2.68 bits per heavy atom. The highest BCUT2D eigenvalue weighted by Gasteiger charge is 2.30. The summed E-state index contributed by atoms with van der Waals surface area (Å²) in [5, 5.41) is 3.85. The van der Waals surface area contributed by atoms with Gasteiger partial charge in [-0.05, 0) is 31.9 Å². The monoisotopic (exact) mass is 309 g/mol. The van der Waals surface area contributed by atoms with Crippen molar-refractivity contribution in [3.05, 3.63) is 29.6 Å². The number of nitrogens with one attached hydrogen (secondary N) is 1. The Labute approximate surface area is 126 Å². The standard InChI is InChI=1S/C15H17F2N3O2/c1-15(17)4-6-20(7-5-15)13-3-2-10(8-11(13)16)12-9-22-14(21)19-18-12/h2-3,8H,4-7,9H2,1H3,(H,19,21). The molecule has 5 nitrogen and oxygen atoms in total. The summed E-state index contributed by atoms with van der Waals surface area (Å²) in [6.45, 7) is 2.57. The molecule has 2 aliphatic heterocycles. The van der Waals surface area contributed by atoms with Crippen molar-refractivity contribution in [1.82, 2.24) is 5.43 Å². The van der Waals surface area contributed by atoms with E-state index >= 15 is 0 Å². The number of amides is 1. The summed E-state index contributed by atoms with van der Waals surface area (Å²) in [7, 11) is 0. The van der Waals surface area contributed by atoms with E-state index in [9.17, 15) is 13.6 Å². The fourth-order valence-corrected chi connectivity index (χ4v) is 2.62. The molecule has 1 saturated heterocycles. The van der Waals surface area contributed by atoms with Crippen LogP contribution in [-0.2, 0) is 4.74 Å². The minimum atomic E-state index is -1.17. The van der Waals surface area contributed by atoms with E-state index in [0.717, 1.165) is 0 Å². The predicted octanol–water partition coefficient (Wildman–Crippen LogP) is 2.60. The van der Waals surface area contributed by atoms with Crippen LogP contribution in [0.2, 0.25) is 0 Å². The third-order valence-electron chi connectivity index (χ3n) is 4.05. The number of nitrogens with zero attached hydrogens (tertiary/aromatic N) is 2. The molecule has 0 radical (unpaired) electrons. The summed E-state index contributed by atoms with van der Waals surface area (Å²) in [6, 6.07) is 4.74. The maximum absolute atomic E-state index is 14.3. The summed E-state index contributed by atoms with van der Waals surface area (Å²) in [5.41, 5.74) is 2.49. The highest BCUT2D eigenvalue weighted by Crippen LogP contribution is 2.30. The first-order chi connectivity index (χ1) is 10.4. The second-order valence-electron chi connectivity index (χ2n) is 5.81. The lowest BCUT2D eigenvalue weighted by Gasteiger charge is -2.35. The topological polar surface area (TPSA) is 53.9 Å². The molecular formula is C15H17F2N3O2. The molecular weight excluding hydrogens is 292 g/mol. The van der Waals surface area contributed by atoms with Crippen LogP contribution in [0.3, 0.4) is 0 Å². The Balaban J connectivity index is 1.77. The molecule has 0 atom stereocenters. The summed E-state index contributed by atoms with van der Waals surface area (Å²) in [5.74, 6) is -0.389. The minimum Gasteiger partial charge on any atom is -0.442 e. The predicted molar refractivity (Wildman–Crippen MR) is 78.4 cm³/mol. The van der Waals surface area contributed by atoms with Crippen LogP contribution in [0.4, 0.5) is 19.3 Å². The molecule has 0 spiro atoms. The SMILES string of the molecule is CC1(F)CCN(c2ccc(C3=NNC(=O)OC3)cc2F)CC1. The molecule has 1 aromatic rings. The first kappa shape index (κ1) is 14.7. The zero-order valence-corrected chi connectivity index (χ0v) is 12.2. The number of piperidine rings is 1. The highest BCUT2D eigenvalue weighted by atomic mass is 19.1. The van der Waals surface area contributed by atoms with Crippen molar-refractivity contribution in [3.8, 4) is 0 Å². The number of cyclic esters (lactones) is 1. The molecule has 7 heteroatoms. The molecule has 0 aliphatic carbocycles. The smallest absolute Gasteiger partial charge is 0.428 e. The third-order valence-corrected chi connectivity index (χ3v) is 4.05. The zero-order valence-electron chi connectivity index (χ0n) is 12.2. The molecule has 118 valence electrons. The van der Waals surface area contributed by atoms with E-state index in [1.165, 1.54) is 6.07 Å². The summed E-state index contributed by atoms with van der Waals surface area (Å²) >= 11 is 0. The molecule has 0 unspecified atom stereocenters. The van der Waals surface area contributed by atoms with E-state index in [0.29, 0.717) is 42.9 Å². The number of hydrogen-bond acceptors (Lipinski definition) is 4. The molecule has 1 aromatic carbocycles. The van der Waals surface area contributed by atoms with E-state index in [2.05, 4.69) is 10.5 Å². The molecule has 2 aliphatic rings. The van der Waals surface area contributed by atoms with E-state index in [1.54, 1.807) is 19.1 Å². The van der Waals surface area contributed by atoms with Gasteiger partial charge < -0.3 is 9.64 Å². The number of hydrazone groups is 1. The number of halogens is 2. The van der Waals surface area contributed by atoms with Crippen LogP contribution in [0.1, 0.15) is 25.3 Å². The van der Waals surface area contributed by atoms with Crippen LogP contribution < -0.4 is 10.3 Å². The van der Waals surface area contributed by atoms with Gasteiger partial charge in [0.2, 0.25) is 0 Å². The number of carbonyl (C=O) groups excluding carboxylic acids is 1. The van der Waals surface area contributed by atoms with Crippen molar-refractivity contribution in [2.75, 3.05) is 24.6 Å². The normalized spacial score (nSPS) is 21.0. The van der Waals surface area contributed by atoms with Crippen LogP contribution in [0, 0.1) is 5.82 Å². The molecule has 0 aromatic heterocycles. The van der Waals surface area contributed by atoms with Crippen LogP contribution in [0.15, 0.2) is 23.3 Å². The van der Waals surface area contributed by atoms with E-state index < -0.39 is 11.8 Å². The van der Waals surface area contributed by atoms with Gasteiger partial charge in [0, 0.05) is 18.7 Å². The lowest BCUT2D eigenvalue weighted by atomic mass is 9.95. The average molecular weight is 309 g/mol. The highest BCUT2D eigenvalue weighted by molar-refractivity contribution is 6.03. The van der Waals surface area contributed by atoms with Gasteiger partial charge in [-0.25, -0.2) is 19.0 Å². The van der Waals surface area contributed by atoms with Gasteiger partial charge in [-0.2, -0.15) is 5.10 Å². The number of hydrogen-bond donors (Lipinski definition) is 1. The van der Waals surface area contributed by atoms with Gasteiger partial charge in [-0.3, -0.25) is 0 Å². The fraction of sp³-hybridized carbons (Fsp3) is 0.467. The molecule has 2 heterocycles. The van der Waals surface area contributed by atoms with E-state index in [1.807, 2.05) is 4.90 Å². The lowest BCUT2D eigenvalue weighted by molar-refractivity contribution is 0.149. The maximum atomic E-state index is 14.3. The Kier molecular flexibility index (Phi) is 3.72. The van der Waals surface area contributed by atoms with Gasteiger partial charge in [0.1, 0.15) is 23.8 Å². The quantitative estimate of drug-likeness (QED) is 0.913. The summed E-state index contributed by atoms with van der Waals surface area (Å²) in [4.78, 5) is 12.7. The molecule has 1 amide bonds. The molecule has 1 N–H and O–H groups in total. The molecule has 0 saturated carbocycles. The van der Waals surface area contributed by atoms with Crippen molar-refractivity contribution in [2.24, 2.45) is 5.10 Å². The van der Waals surface area contributed by atoms with Crippen molar-refractivity contribution >= 4 is 17.5 Å². The molecule has 1 fully saturated rings. The Morgan fingerprint density at radius 1 is 1.36 bits per heavy atom. The minimum absolute atomic E-state index is 0.00847. The second-order valence-corrected chi connectivity index (χ2v) is 5.81. The molecule has 3 rings (SSSR count). The number of anilines is 1. The molecule has 22 heavy (non-hydrogen) atoms. The number of ether oxygens (including phenoxy) is 1. The Hall–Kier alpha value is -2.18. The van der Waals surface area contributed by atoms with Crippen molar-refractivity contribution in [3.63, 3.8) is 0 Å². The first-order valence-electron chi connectivity index (χ1n) is 7.18.